The number of carbonyl (C=O) groups is 1. The van der Waals surface area contributed by atoms with Crippen LogP contribution in [0.5, 0.6) is 0 Å². The van der Waals surface area contributed by atoms with Crippen LogP contribution in [0.3, 0.4) is 0 Å². The van der Waals surface area contributed by atoms with E-state index in [9.17, 15) is 4.79 Å². The number of amides is 1. The highest BCUT2D eigenvalue weighted by molar-refractivity contribution is 5.94. The number of nitrogens with zero attached hydrogens (tertiary/aromatic N) is 1. The van der Waals surface area contributed by atoms with Gasteiger partial charge in [0.25, 0.3) is 5.91 Å². The fourth-order valence-corrected chi connectivity index (χ4v) is 3.05. The summed E-state index contributed by atoms with van der Waals surface area (Å²) >= 11 is 0. The third-order valence-electron chi connectivity index (χ3n) is 4.38. The number of pyridine rings is 1. The maximum Gasteiger partial charge on any atom is 0.253 e. The maximum absolute atomic E-state index is 12.3. The van der Waals surface area contributed by atoms with Gasteiger partial charge in [-0.25, -0.2) is 0 Å². The summed E-state index contributed by atoms with van der Waals surface area (Å²) in [6.45, 7) is 4.22. The minimum Gasteiger partial charge on any atom is -0.384 e. The predicted octanol–water partition coefficient (Wildman–Crippen LogP) is 1.98. The van der Waals surface area contributed by atoms with Crippen molar-refractivity contribution in [3.8, 4) is 11.8 Å². The molecule has 4 heteroatoms. The van der Waals surface area contributed by atoms with Gasteiger partial charge in [0.2, 0.25) is 0 Å². The van der Waals surface area contributed by atoms with Crippen molar-refractivity contribution in [3.05, 3.63) is 29.6 Å². The van der Waals surface area contributed by atoms with Crippen molar-refractivity contribution in [1.29, 1.82) is 0 Å². The Bertz CT molecular complexity index is 559. The fourth-order valence-electron chi connectivity index (χ4n) is 3.05. The van der Waals surface area contributed by atoms with E-state index < -0.39 is 0 Å². The van der Waals surface area contributed by atoms with Gasteiger partial charge >= 0.3 is 0 Å². The molecular weight excluding hydrogens is 264 g/mol. The predicted molar refractivity (Wildman–Crippen MR) is 81.6 cm³/mol. The molecule has 3 unspecified atom stereocenters. The van der Waals surface area contributed by atoms with Crippen molar-refractivity contribution >= 4 is 5.91 Å². The Balaban J connectivity index is 2.04. The third kappa shape index (κ3) is 3.83. The zero-order valence-electron chi connectivity index (χ0n) is 12.6. The number of aliphatic hydroxyl groups is 1. The Kier molecular flexibility index (Phi) is 5.35. The van der Waals surface area contributed by atoms with Crippen LogP contribution in [0.4, 0.5) is 0 Å². The van der Waals surface area contributed by atoms with Crippen molar-refractivity contribution < 1.29 is 9.90 Å². The van der Waals surface area contributed by atoms with Gasteiger partial charge in [-0.1, -0.05) is 32.1 Å². The SMILES string of the molecule is CCC1CCC(NC(=O)c2cncc(C#CCO)c2)C1C. The number of nitrogens with one attached hydrogen (secondary N) is 1. The van der Waals surface area contributed by atoms with E-state index >= 15 is 0 Å². The van der Waals surface area contributed by atoms with Crippen LogP contribution in [0.15, 0.2) is 18.5 Å². The molecule has 0 bridgehead atoms. The summed E-state index contributed by atoms with van der Waals surface area (Å²) in [6.07, 6.45) is 6.54. The molecular formula is C17H22N2O2. The highest BCUT2D eigenvalue weighted by Crippen LogP contribution is 2.33. The quantitative estimate of drug-likeness (QED) is 0.835. The van der Waals surface area contributed by atoms with Crippen LogP contribution < -0.4 is 5.32 Å². The summed E-state index contributed by atoms with van der Waals surface area (Å²) in [7, 11) is 0. The number of aromatic nitrogens is 1. The molecule has 1 aromatic heterocycles. The lowest BCUT2D eigenvalue weighted by atomic mass is 9.93. The highest BCUT2D eigenvalue weighted by atomic mass is 16.2. The molecule has 0 saturated heterocycles. The summed E-state index contributed by atoms with van der Waals surface area (Å²) in [5.74, 6) is 6.45. The van der Waals surface area contributed by atoms with Crippen LogP contribution in [-0.2, 0) is 0 Å². The summed E-state index contributed by atoms with van der Waals surface area (Å²) < 4.78 is 0. The van der Waals surface area contributed by atoms with Crippen molar-refractivity contribution in [2.45, 2.75) is 39.2 Å². The second-order valence-electron chi connectivity index (χ2n) is 5.61. The Hall–Kier alpha value is -1.86. The Labute approximate surface area is 126 Å². The Morgan fingerprint density at radius 2 is 2.29 bits per heavy atom. The monoisotopic (exact) mass is 286 g/mol. The summed E-state index contributed by atoms with van der Waals surface area (Å²) in [5.41, 5.74) is 1.16. The zero-order chi connectivity index (χ0) is 15.2. The van der Waals surface area contributed by atoms with E-state index in [-0.39, 0.29) is 18.6 Å². The molecule has 3 atom stereocenters. The van der Waals surface area contributed by atoms with E-state index in [0.717, 1.165) is 6.42 Å². The van der Waals surface area contributed by atoms with Crippen LogP contribution in [0, 0.1) is 23.7 Å². The van der Waals surface area contributed by atoms with Gasteiger partial charge in [-0.3, -0.25) is 9.78 Å². The lowest BCUT2D eigenvalue weighted by Crippen LogP contribution is -2.37. The van der Waals surface area contributed by atoms with Crippen LogP contribution in [0.25, 0.3) is 0 Å². The van der Waals surface area contributed by atoms with E-state index in [1.807, 2.05) is 0 Å². The molecule has 1 saturated carbocycles. The first-order valence-electron chi connectivity index (χ1n) is 7.51. The Morgan fingerprint density at radius 1 is 1.48 bits per heavy atom. The molecule has 2 rings (SSSR count). The van der Waals surface area contributed by atoms with Crippen LogP contribution >= 0.6 is 0 Å². The number of hydrogen-bond acceptors (Lipinski definition) is 3. The number of rotatable bonds is 3. The zero-order valence-corrected chi connectivity index (χ0v) is 12.6. The standard InChI is InChI=1S/C17H22N2O2/c1-3-14-6-7-16(12(14)2)19-17(21)15-9-13(5-4-8-20)10-18-11-15/h9-12,14,16,20H,3,6-8H2,1-2H3,(H,19,21). The molecule has 0 aliphatic heterocycles. The van der Waals surface area contributed by atoms with Gasteiger partial charge in [0, 0.05) is 24.0 Å². The summed E-state index contributed by atoms with van der Waals surface area (Å²) in [6, 6.07) is 1.96. The first-order valence-corrected chi connectivity index (χ1v) is 7.51. The molecule has 0 aromatic carbocycles. The van der Waals surface area contributed by atoms with Gasteiger partial charge in [-0.15, -0.1) is 0 Å². The number of hydrogen-bond donors (Lipinski definition) is 2. The Morgan fingerprint density at radius 3 is 2.95 bits per heavy atom. The largest absolute Gasteiger partial charge is 0.384 e. The van der Waals surface area contributed by atoms with E-state index in [1.165, 1.54) is 12.8 Å². The lowest BCUT2D eigenvalue weighted by Gasteiger charge is -2.21. The van der Waals surface area contributed by atoms with Crippen LogP contribution in [0.2, 0.25) is 0 Å². The normalized spacial score (nSPS) is 24.2. The van der Waals surface area contributed by atoms with Crippen LogP contribution in [0.1, 0.15) is 49.0 Å². The van der Waals surface area contributed by atoms with Gasteiger partial charge in [-0.05, 0) is 30.7 Å². The number of aliphatic hydroxyl groups excluding tert-OH is 1. The van der Waals surface area contributed by atoms with Crippen LogP contribution in [-0.4, -0.2) is 28.6 Å². The topological polar surface area (TPSA) is 62.2 Å². The second kappa shape index (κ2) is 7.24. The molecule has 0 radical (unpaired) electrons. The fraction of sp³-hybridized carbons (Fsp3) is 0.529. The molecule has 4 nitrogen and oxygen atoms in total. The number of carbonyl (C=O) groups excluding carboxylic acids is 1. The third-order valence-corrected chi connectivity index (χ3v) is 4.38. The first-order chi connectivity index (χ1) is 10.2. The van der Waals surface area contributed by atoms with Gasteiger partial charge in [0.1, 0.15) is 6.61 Å². The maximum atomic E-state index is 12.3. The van der Waals surface area contributed by atoms with Gasteiger partial charge in [0.15, 0.2) is 0 Å². The molecule has 2 N–H and O–H groups in total. The molecule has 1 aliphatic rings. The molecule has 112 valence electrons. The molecule has 1 aromatic rings. The minimum atomic E-state index is -0.200. The molecule has 1 fully saturated rings. The first kappa shape index (κ1) is 15.5. The van der Waals surface area contributed by atoms with Crippen molar-refractivity contribution in [2.75, 3.05) is 6.61 Å². The van der Waals surface area contributed by atoms with E-state index in [0.29, 0.717) is 23.0 Å². The van der Waals surface area contributed by atoms with Gasteiger partial charge in [0.05, 0.1) is 5.56 Å². The van der Waals surface area contributed by atoms with Gasteiger partial charge < -0.3 is 10.4 Å². The van der Waals surface area contributed by atoms with Crippen molar-refractivity contribution in [2.24, 2.45) is 11.8 Å². The van der Waals surface area contributed by atoms with E-state index in [4.69, 9.17) is 5.11 Å². The lowest BCUT2D eigenvalue weighted by molar-refractivity contribution is 0.0926. The van der Waals surface area contributed by atoms with Gasteiger partial charge in [-0.2, -0.15) is 0 Å². The molecule has 21 heavy (non-hydrogen) atoms. The molecule has 1 amide bonds. The summed E-state index contributed by atoms with van der Waals surface area (Å²) in [5, 5.41) is 11.8. The van der Waals surface area contributed by atoms with E-state index in [1.54, 1.807) is 18.5 Å². The van der Waals surface area contributed by atoms with Crippen molar-refractivity contribution in [3.63, 3.8) is 0 Å². The second-order valence-corrected chi connectivity index (χ2v) is 5.61. The average Bonchev–Trinajstić information content (AvgIpc) is 2.86. The highest BCUT2D eigenvalue weighted by Gasteiger charge is 2.32. The smallest absolute Gasteiger partial charge is 0.253 e. The molecule has 1 heterocycles. The molecule has 0 spiro atoms. The minimum absolute atomic E-state index is 0.0937. The molecule has 1 aliphatic carbocycles. The van der Waals surface area contributed by atoms with E-state index in [2.05, 4.69) is 36.0 Å². The van der Waals surface area contributed by atoms with Crippen molar-refractivity contribution in [1.82, 2.24) is 10.3 Å². The summed E-state index contributed by atoms with van der Waals surface area (Å²) in [4.78, 5) is 16.4. The average molecular weight is 286 g/mol.